The van der Waals surface area contributed by atoms with Crippen LogP contribution in [0, 0.1) is 0 Å². The summed E-state index contributed by atoms with van der Waals surface area (Å²) in [4.78, 5) is 43.1. The average molecular weight is 377 g/mol. The highest BCUT2D eigenvalue weighted by Gasteiger charge is 2.27. The molecule has 0 aliphatic carbocycles. The summed E-state index contributed by atoms with van der Waals surface area (Å²) in [7, 11) is 0. The molecule has 4 rings (SSSR count). The second-order valence-corrected chi connectivity index (χ2v) is 6.55. The van der Waals surface area contributed by atoms with Crippen molar-refractivity contribution >= 4 is 22.9 Å². The maximum Gasteiger partial charge on any atom is 0.415 e. The van der Waals surface area contributed by atoms with Gasteiger partial charge in [0.05, 0.1) is 5.56 Å². The van der Waals surface area contributed by atoms with Crippen molar-refractivity contribution < 1.29 is 14.3 Å². The Morgan fingerprint density at radius 2 is 1.50 bits per heavy atom. The zero-order valence-corrected chi connectivity index (χ0v) is 15.1. The molecule has 1 aliphatic rings. The van der Waals surface area contributed by atoms with Gasteiger partial charge in [-0.1, -0.05) is 36.4 Å². The van der Waals surface area contributed by atoms with Crippen LogP contribution in [0.2, 0.25) is 0 Å². The molecule has 0 unspecified atom stereocenters. The Morgan fingerprint density at radius 3 is 2.25 bits per heavy atom. The quantitative estimate of drug-likeness (QED) is 0.744. The first-order valence-corrected chi connectivity index (χ1v) is 9.05. The summed E-state index contributed by atoms with van der Waals surface area (Å²) in [6, 6.07) is 17.4. The molecule has 0 radical (unpaired) electrons. The highest BCUT2D eigenvalue weighted by Crippen LogP contribution is 2.18. The van der Waals surface area contributed by atoms with Gasteiger partial charge in [0.25, 0.3) is 5.91 Å². The number of rotatable bonds is 2. The fourth-order valence-corrected chi connectivity index (χ4v) is 3.30. The van der Waals surface area contributed by atoms with Crippen molar-refractivity contribution in [1.82, 2.24) is 14.8 Å². The van der Waals surface area contributed by atoms with Gasteiger partial charge in [-0.25, -0.2) is 4.79 Å². The average Bonchev–Trinajstić information content (AvgIpc) is 2.73. The first-order valence-electron chi connectivity index (χ1n) is 9.05. The molecular formula is C21H19N3O4. The summed E-state index contributed by atoms with van der Waals surface area (Å²) < 4.78 is 5.35. The molecule has 2 amide bonds. The molecule has 1 aliphatic heterocycles. The Morgan fingerprint density at radius 1 is 0.857 bits per heavy atom. The van der Waals surface area contributed by atoms with Gasteiger partial charge in [0.2, 0.25) is 5.56 Å². The number of pyridine rings is 1. The van der Waals surface area contributed by atoms with Gasteiger partial charge in [0, 0.05) is 43.1 Å². The number of amides is 2. The Hall–Kier alpha value is -3.61. The first kappa shape index (κ1) is 17.8. The van der Waals surface area contributed by atoms with Crippen molar-refractivity contribution in [3.8, 4) is 5.75 Å². The topological polar surface area (TPSA) is 82.7 Å². The number of nitrogens with zero attached hydrogens (tertiary/aromatic N) is 2. The van der Waals surface area contributed by atoms with Gasteiger partial charge in [0.15, 0.2) is 0 Å². The maximum atomic E-state index is 13.0. The van der Waals surface area contributed by atoms with E-state index in [1.165, 1.54) is 6.07 Å². The minimum absolute atomic E-state index is 0.210. The number of nitrogens with one attached hydrogen (secondary N) is 1. The number of fused-ring (bicyclic) bond motifs is 1. The van der Waals surface area contributed by atoms with Crippen LogP contribution in [0.15, 0.2) is 65.5 Å². The van der Waals surface area contributed by atoms with E-state index in [-0.39, 0.29) is 11.5 Å². The van der Waals surface area contributed by atoms with Crippen LogP contribution in [0.25, 0.3) is 10.9 Å². The molecule has 0 spiro atoms. The van der Waals surface area contributed by atoms with Crippen molar-refractivity contribution in [2.75, 3.05) is 26.2 Å². The molecule has 2 aromatic carbocycles. The lowest BCUT2D eigenvalue weighted by atomic mass is 10.1. The minimum atomic E-state index is -0.431. The van der Waals surface area contributed by atoms with Gasteiger partial charge < -0.3 is 19.5 Å². The van der Waals surface area contributed by atoms with Crippen LogP contribution in [-0.4, -0.2) is 53.0 Å². The number of ether oxygens (including phenoxy) is 1. The Kier molecular flexibility index (Phi) is 4.80. The number of carbonyl (C=O) groups is 2. The SMILES string of the molecule is O=C(Oc1ccccc1)N1CCN(C(=O)c2cc(=O)[nH]c3ccccc23)CC1. The molecule has 142 valence electrons. The highest BCUT2D eigenvalue weighted by atomic mass is 16.6. The van der Waals surface area contributed by atoms with E-state index in [1.54, 1.807) is 40.1 Å². The number of hydrogen-bond donors (Lipinski definition) is 1. The third-order valence-electron chi connectivity index (χ3n) is 4.75. The second-order valence-electron chi connectivity index (χ2n) is 6.55. The van der Waals surface area contributed by atoms with Crippen molar-refractivity contribution in [2.24, 2.45) is 0 Å². The van der Waals surface area contributed by atoms with Gasteiger partial charge in [-0.05, 0) is 18.2 Å². The van der Waals surface area contributed by atoms with Crippen LogP contribution in [0.4, 0.5) is 4.79 Å². The highest BCUT2D eigenvalue weighted by molar-refractivity contribution is 6.06. The third-order valence-corrected chi connectivity index (χ3v) is 4.75. The van der Waals surface area contributed by atoms with E-state index in [0.29, 0.717) is 48.4 Å². The fraction of sp³-hybridized carbons (Fsp3) is 0.190. The smallest absolute Gasteiger partial charge is 0.410 e. The predicted molar refractivity (Wildman–Crippen MR) is 105 cm³/mol. The number of para-hydroxylation sites is 2. The number of aromatic amines is 1. The van der Waals surface area contributed by atoms with Gasteiger partial charge in [-0.3, -0.25) is 9.59 Å². The molecule has 28 heavy (non-hydrogen) atoms. The van der Waals surface area contributed by atoms with Gasteiger partial charge in [-0.15, -0.1) is 0 Å². The fourth-order valence-electron chi connectivity index (χ4n) is 3.30. The van der Waals surface area contributed by atoms with E-state index >= 15 is 0 Å². The monoisotopic (exact) mass is 377 g/mol. The zero-order valence-electron chi connectivity index (χ0n) is 15.1. The molecule has 2 heterocycles. The van der Waals surface area contributed by atoms with Crippen molar-refractivity contribution in [1.29, 1.82) is 0 Å². The molecule has 1 fully saturated rings. The zero-order chi connectivity index (χ0) is 19.5. The number of aromatic nitrogens is 1. The van der Waals surface area contributed by atoms with Gasteiger partial charge in [0.1, 0.15) is 5.75 Å². The van der Waals surface area contributed by atoms with E-state index in [2.05, 4.69) is 4.98 Å². The van der Waals surface area contributed by atoms with Crippen molar-refractivity contribution in [3.05, 3.63) is 76.6 Å². The summed E-state index contributed by atoms with van der Waals surface area (Å²) in [5, 5.41) is 0.706. The lowest BCUT2D eigenvalue weighted by molar-refractivity contribution is 0.0635. The molecule has 7 nitrogen and oxygen atoms in total. The lowest BCUT2D eigenvalue weighted by Gasteiger charge is -2.34. The number of H-pyrrole nitrogens is 1. The van der Waals surface area contributed by atoms with Crippen LogP contribution in [0.1, 0.15) is 10.4 Å². The van der Waals surface area contributed by atoms with E-state index in [9.17, 15) is 14.4 Å². The van der Waals surface area contributed by atoms with Crippen LogP contribution < -0.4 is 10.3 Å². The summed E-state index contributed by atoms with van der Waals surface area (Å²) in [5.74, 6) is 0.277. The third kappa shape index (κ3) is 3.59. The number of carbonyl (C=O) groups excluding carboxylic acids is 2. The standard InChI is InChI=1S/C21H19N3O4/c25-19-14-17(16-8-4-5-9-18(16)22-19)20(26)23-10-12-24(13-11-23)21(27)28-15-6-2-1-3-7-15/h1-9,14H,10-13H2,(H,22,25). The van der Waals surface area contributed by atoms with Gasteiger partial charge >= 0.3 is 6.09 Å². The summed E-state index contributed by atoms with van der Waals surface area (Å²) >= 11 is 0. The van der Waals surface area contributed by atoms with Crippen molar-refractivity contribution in [3.63, 3.8) is 0 Å². The van der Waals surface area contributed by atoms with Crippen LogP contribution in [-0.2, 0) is 0 Å². The molecule has 7 heteroatoms. The minimum Gasteiger partial charge on any atom is -0.410 e. The van der Waals surface area contributed by atoms with E-state index in [1.807, 2.05) is 24.3 Å². The molecular weight excluding hydrogens is 358 g/mol. The predicted octanol–water partition coefficient (Wildman–Crippen LogP) is 2.48. The second kappa shape index (κ2) is 7.56. The number of piperazine rings is 1. The maximum absolute atomic E-state index is 13.0. The first-order chi connectivity index (χ1) is 13.6. The number of benzene rings is 2. The van der Waals surface area contributed by atoms with Crippen molar-refractivity contribution in [2.45, 2.75) is 0 Å². The lowest BCUT2D eigenvalue weighted by Crippen LogP contribution is -2.51. The molecule has 1 saturated heterocycles. The normalized spacial score (nSPS) is 14.1. The number of hydrogen-bond acceptors (Lipinski definition) is 4. The van der Waals surface area contributed by atoms with E-state index < -0.39 is 6.09 Å². The molecule has 1 N–H and O–H groups in total. The van der Waals surface area contributed by atoms with Crippen LogP contribution in [0.3, 0.4) is 0 Å². The van der Waals surface area contributed by atoms with Gasteiger partial charge in [-0.2, -0.15) is 0 Å². The Labute approximate surface area is 161 Å². The summed E-state index contributed by atoms with van der Waals surface area (Å²) in [6.45, 7) is 1.50. The largest absolute Gasteiger partial charge is 0.415 e. The molecule has 0 atom stereocenters. The molecule has 3 aromatic rings. The molecule has 0 bridgehead atoms. The van der Waals surface area contributed by atoms with Crippen LogP contribution >= 0.6 is 0 Å². The van der Waals surface area contributed by atoms with E-state index in [4.69, 9.17) is 4.74 Å². The summed E-state index contributed by atoms with van der Waals surface area (Å²) in [5.41, 5.74) is 0.690. The molecule has 1 aromatic heterocycles. The van der Waals surface area contributed by atoms with E-state index in [0.717, 1.165) is 0 Å². The molecule has 0 saturated carbocycles. The summed E-state index contributed by atoms with van der Waals surface area (Å²) in [6.07, 6.45) is -0.431. The van der Waals surface area contributed by atoms with Crippen LogP contribution in [0.5, 0.6) is 5.75 Å². The Bertz CT molecular complexity index is 1070. The Balaban J connectivity index is 1.45.